The summed E-state index contributed by atoms with van der Waals surface area (Å²) < 4.78 is 5.77. The molecule has 0 bridgehead atoms. The van der Waals surface area contributed by atoms with E-state index in [9.17, 15) is 4.79 Å². The van der Waals surface area contributed by atoms with Crippen LogP contribution in [0.25, 0.3) is 10.8 Å². The number of hydrogen-bond donors (Lipinski definition) is 1. The molecule has 0 radical (unpaired) electrons. The van der Waals surface area contributed by atoms with Crippen molar-refractivity contribution in [2.24, 2.45) is 0 Å². The van der Waals surface area contributed by atoms with Gasteiger partial charge in [-0.25, -0.2) is 0 Å². The second-order valence-electron chi connectivity index (χ2n) is 4.99. The van der Waals surface area contributed by atoms with Crippen LogP contribution in [0.3, 0.4) is 0 Å². The molecule has 1 N–H and O–H groups in total. The Morgan fingerprint density at radius 2 is 1.59 bits per heavy atom. The highest BCUT2D eigenvalue weighted by atomic mass is 16.5. The Kier molecular flexibility index (Phi) is 4.35. The van der Waals surface area contributed by atoms with Crippen LogP contribution in [0.4, 0.5) is 5.69 Å². The van der Waals surface area contributed by atoms with Gasteiger partial charge in [-0.05, 0) is 23.6 Å². The van der Waals surface area contributed by atoms with Crippen molar-refractivity contribution in [1.29, 1.82) is 0 Å². The van der Waals surface area contributed by atoms with E-state index in [4.69, 9.17) is 4.74 Å². The van der Waals surface area contributed by atoms with Crippen molar-refractivity contribution in [3.63, 3.8) is 0 Å². The Morgan fingerprint density at radius 3 is 2.45 bits per heavy atom. The first kappa shape index (κ1) is 14.1. The second-order valence-corrected chi connectivity index (χ2v) is 4.99. The SMILES string of the molecule is O=C(CCOc1cccc2ccccc12)Nc1ccccc1. The van der Waals surface area contributed by atoms with E-state index < -0.39 is 0 Å². The van der Waals surface area contributed by atoms with E-state index >= 15 is 0 Å². The first-order chi connectivity index (χ1) is 10.8. The molecular formula is C19H17NO2. The van der Waals surface area contributed by atoms with E-state index in [-0.39, 0.29) is 5.91 Å². The van der Waals surface area contributed by atoms with Crippen molar-refractivity contribution in [3.05, 3.63) is 72.8 Å². The number of benzene rings is 3. The number of para-hydroxylation sites is 1. The van der Waals surface area contributed by atoms with Crippen LogP contribution in [-0.4, -0.2) is 12.5 Å². The number of rotatable bonds is 5. The molecule has 0 atom stereocenters. The highest BCUT2D eigenvalue weighted by Gasteiger charge is 2.04. The molecule has 3 rings (SSSR count). The summed E-state index contributed by atoms with van der Waals surface area (Å²) in [5.41, 5.74) is 0.803. The van der Waals surface area contributed by atoms with Gasteiger partial charge in [-0.15, -0.1) is 0 Å². The topological polar surface area (TPSA) is 38.3 Å². The molecule has 0 aliphatic heterocycles. The molecule has 3 nitrogen and oxygen atoms in total. The summed E-state index contributed by atoms with van der Waals surface area (Å²) in [4.78, 5) is 11.9. The number of amides is 1. The number of fused-ring (bicyclic) bond motifs is 1. The molecule has 0 spiro atoms. The Bertz CT molecular complexity index is 763. The van der Waals surface area contributed by atoms with Gasteiger partial charge < -0.3 is 10.1 Å². The molecule has 0 aliphatic rings. The van der Waals surface area contributed by atoms with Gasteiger partial charge in [0.15, 0.2) is 0 Å². The van der Waals surface area contributed by atoms with Gasteiger partial charge in [-0.2, -0.15) is 0 Å². The summed E-state index contributed by atoms with van der Waals surface area (Å²) >= 11 is 0. The largest absolute Gasteiger partial charge is 0.492 e. The van der Waals surface area contributed by atoms with Crippen LogP contribution in [0.5, 0.6) is 5.75 Å². The third kappa shape index (κ3) is 3.44. The number of hydrogen-bond acceptors (Lipinski definition) is 2. The summed E-state index contributed by atoms with van der Waals surface area (Å²) in [6, 6.07) is 23.4. The Balaban J connectivity index is 1.57. The van der Waals surface area contributed by atoms with E-state index in [1.165, 1.54) is 0 Å². The van der Waals surface area contributed by atoms with Crippen LogP contribution in [0.2, 0.25) is 0 Å². The first-order valence-electron chi connectivity index (χ1n) is 7.28. The summed E-state index contributed by atoms with van der Waals surface area (Å²) in [6.07, 6.45) is 0.318. The zero-order chi connectivity index (χ0) is 15.2. The summed E-state index contributed by atoms with van der Waals surface area (Å²) in [7, 11) is 0. The molecule has 3 aromatic carbocycles. The first-order valence-corrected chi connectivity index (χ1v) is 7.28. The average molecular weight is 291 g/mol. The minimum atomic E-state index is -0.0496. The highest BCUT2D eigenvalue weighted by molar-refractivity contribution is 5.91. The summed E-state index contributed by atoms with van der Waals surface area (Å²) in [6.45, 7) is 0.354. The molecular weight excluding hydrogens is 274 g/mol. The lowest BCUT2D eigenvalue weighted by atomic mass is 10.1. The zero-order valence-corrected chi connectivity index (χ0v) is 12.2. The van der Waals surface area contributed by atoms with E-state index in [1.807, 2.05) is 72.8 Å². The zero-order valence-electron chi connectivity index (χ0n) is 12.2. The fraction of sp³-hybridized carbons (Fsp3) is 0.105. The van der Waals surface area contributed by atoms with Crippen LogP contribution < -0.4 is 10.1 Å². The van der Waals surface area contributed by atoms with Crippen LogP contribution in [0.1, 0.15) is 6.42 Å². The number of anilines is 1. The summed E-state index contributed by atoms with van der Waals surface area (Å²) in [5.74, 6) is 0.761. The molecule has 0 saturated heterocycles. The standard InChI is InChI=1S/C19H17NO2/c21-19(20-16-9-2-1-3-10-16)13-14-22-18-12-6-8-15-7-4-5-11-17(15)18/h1-12H,13-14H2,(H,20,21). The lowest BCUT2D eigenvalue weighted by Gasteiger charge is -2.09. The molecule has 0 saturated carbocycles. The molecule has 0 fully saturated rings. The van der Waals surface area contributed by atoms with E-state index in [0.29, 0.717) is 13.0 Å². The molecule has 22 heavy (non-hydrogen) atoms. The number of carbonyl (C=O) groups is 1. The highest BCUT2D eigenvalue weighted by Crippen LogP contribution is 2.25. The van der Waals surface area contributed by atoms with Crippen LogP contribution in [0, 0.1) is 0 Å². The van der Waals surface area contributed by atoms with E-state index in [0.717, 1.165) is 22.2 Å². The molecule has 0 aliphatic carbocycles. The molecule has 3 aromatic rings. The molecule has 0 heterocycles. The van der Waals surface area contributed by atoms with Crippen LogP contribution in [0.15, 0.2) is 72.8 Å². The monoisotopic (exact) mass is 291 g/mol. The van der Waals surface area contributed by atoms with Crippen molar-refractivity contribution in [3.8, 4) is 5.75 Å². The fourth-order valence-corrected chi connectivity index (χ4v) is 2.32. The molecule has 1 amide bonds. The van der Waals surface area contributed by atoms with Gasteiger partial charge in [0.25, 0.3) is 0 Å². The predicted molar refractivity (Wildman–Crippen MR) is 89.1 cm³/mol. The van der Waals surface area contributed by atoms with Gasteiger partial charge >= 0.3 is 0 Å². The van der Waals surface area contributed by atoms with Crippen molar-refractivity contribution in [2.45, 2.75) is 6.42 Å². The maximum absolute atomic E-state index is 11.9. The molecule has 3 heteroatoms. The van der Waals surface area contributed by atoms with Crippen molar-refractivity contribution in [1.82, 2.24) is 0 Å². The van der Waals surface area contributed by atoms with Gasteiger partial charge in [-0.1, -0.05) is 54.6 Å². The van der Waals surface area contributed by atoms with Crippen molar-refractivity contribution < 1.29 is 9.53 Å². The van der Waals surface area contributed by atoms with Gasteiger partial charge in [0.1, 0.15) is 5.75 Å². The average Bonchev–Trinajstić information content (AvgIpc) is 2.56. The molecule has 0 unspecified atom stereocenters. The molecule has 0 aromatic heterocycles. The third-order valence-electron chi connectivity index (χ3n) is 3.39. The summed E-state index contributed by atoms with van der Waals surface area (Å²) in [5, 5.41) is 5.04. The smallest absolute Gasteiger partial charge is 0.227 e. The van der Waals surface area contributed by atoms with Crippen molar-refractivity contribution >= 4 is 22.4 Å². The van der Waals surface area contributed by atoms with Gasteiger partial charge in [0.2, 0.25) is 5.91 Å². The maximum Gasteiger partial charge on any atom is 0.227 e. The lowest BCUT2D eigenvalue weighted by molar-refractivity contribution is -0.116. The lowest BCUT2D eigenvalue weighted by Crippen LogP contribution is -2.15. The fourth-order valence-electron chi connectivity index (χ4n) is 2.32. The van der Waals surface area contributed by atoms with Gasteiger partial charge in [0, 0.05) is 11.1 Å². The number of ether oxygens (including phenoxy) is 1. The number of carbonyl (C=O) groups excluding carboxylic acids is 1. The quantitative estimate of drug-likeness (QED) is 0.763. The minimum Gasteiger partial charge on any atom is -0.492 e. The minimum absolute atomic E-state index is 0.0496. The Morgan fingerprint density at radius 1 is 0.864 bits per heavy atom. The Labute approximate surface area is 129 Å². The third-order valence-corrected chi connectivity index (χ3v) is 3.39. The Hall–Kier alpha value is -2.81. The maximum atomic E-state index is 11.9. The predicted octanol–water partition coefficient (Wildman–Crippen LogP) is 4.25. The van der Waals surface area contributed by atoms with E-state index in [2.05, 4.69) is 5.32 Å². The van der Waals surface area contributed by atoms with Gasteiger partial charge in [0.05, 0.1) is 13.0 Å². The number of nitrogens with one attached hydrogen (secondary N) is 1. The molecule has 110 valence electrons. The van der Waals surface area contributed by atoms with Gasteiger partial charge in [-0.3, -0.25) is 4.79 Å². The second kappa shape index (κ2) is 6.76. The normalized spacial score (nSPS) is 10.4. The van der Waals surface area contributed by atoms with E-state index in [1.54, 1.807) is 0 Å². The van der Waals surface area contributed by atoms with Crippen molar-refractivity contribution in [2.75, 3.05) is 11.9 Å². The van der Waals surface area contributed by atoms with Crippen LogP contribution in [-0.2, 0) is 4.79 Å². The van der Waals surface area contributed by atoms with Crippen LogP contribution >= 0.6 is 0 Å².